The van der Waals surface area contributed by atoms with Crippen LogP contribution < -0.4 is 11.1 Å². The summed E-state index contributed by atoms with van der Waals surface area (Å²) < 4.78 is 4.98. The van der Waals surface area contributed by atoms with E-state index in [2.05, 4.69) is 41.7 Å². The Morgan fingerprint density at radius 1 is 1.13 bits per heavy atom. The van der Waals surface area contributed by atoms with E-state index in [-0.39, 0.29) is 24.6 Å². The van der Waals surface area contributed by atoms with Gasteiger partial charge in [0.25, 0.3) is 0 Å². The number of nitrogens with one attached hydrogen (secondary N) is 1. The summed E-state index contributed by atoms with van der Waals surface area (Å²) in [5.74, 6) is 0.251. The summed E-state index contributed by atoms with van der Waals surface area (Å²) in [4.78, 5) is 25.6. The minimum Gasteiger partial charge on any atom is -0.450 e. The van der Waals surface area contributed by atoms with Crippen LogP contribution in [0, 0.1) is 5.92 Å². The predicted octanol–water partition coefficient (Wildman–Crippen LogP) is 4.19. The third kappa shape index (κ3) is 5.75. The Kier molecular flexibility index (Phi) is 7.71. The molecule has 6 heteroatoms. The monoisotopic (exact) mass is 409 g/mol. The SMILES string of the molecule is CCNC(=O)N1CCCC(CCOC(N)=O)C1Cc1cccc(-c2ccccc2)c1. The maximum absolute atomic E-state index is 12.7. The first kappa shape index (κ1) is 21.7. The number of piperidine rings is 1. The Labute approximate surface area is 178 Å². The highest BCUT2D eigenvalue weighted by molar-refractivity contribution is 5.74. The number of nitrogens with zero attached hydrogens (tertiary/aromatic N) is 1. The molecule has 0 aliphatic carbocycles. The summed E-state index contributed by atoms with van der Waals surface area (Å²) >= 11 is 0. The van der Waals surface area contributed by atoms with Crippen LogP contribution in [0.5, 0.6) is 0 Å². The van der Waals surface area contributed by atoms with Gasteiger partial charge in [0.2, 0.25) is 0 Å². The molecule has 0 saturated carbocycles. The molecule has 0 spiro atoms. The van der Waals surface area contributed by atoms with Crippen LogP contribution in [-0.2, 0) is 11.2 Å². The molecular weight excluding hydrogens is 378 g/mol. The lowest BCUT2D eigenvalue weighted by molar-refractivity contribution is 0.0891. The van der Waals surface area contributed by atoms with Gasteiger partial charge in [0.05, 0.1) is 6.61 Å². The number of urea groups is 1. The summed E-state index contributed by atoms with van der Waals surface area (Å²) in [6.07, 6.45) is 2.65. The van der Waals surface area contributed by atoms with E-state index in [9.17, 15) is 9.59 Å². The zero-order valence-corrected chi connectivity index (χ0v) is 17.5. The zero-order chi connectivity index (χ0) is 21.3. The number of hydrogen-bond donors (Lipinski definition) is 2. The molecule has 2 atom stereocenters. The molecule has 6 nitrogen and oxygen atoms in total. The molecule has 160 valence electrons. The molecule has 1 heterocycles. The number of amides is 3. The fourth-order valence-electron chi connectivity index (χ4n) is 4.32. The van der Waals surface area contributed by atoms with Crippen LogP contribution in [0.2, 0.25) is 0 Å². The largest absolute Gasteiger partial charge is 0.450 e. The third-order valence-corrected chi connectivity index (χ3v) is 5.72. The summed E-state index contributed by atoms with van der Waals surface area (Å²) in [6.45, 7) is 3.55. The van der Waals surface area contributed by atoms with Crippen LogP contribution in [0.25, 0.3) is 11.1 Å². The van der Waals surface area contributed by atoms with Crippen molar-refractivity contribution in [3.8, 4) is 11.1 Å². The number of benzene rings is 2. The van der Waals surface area contributed by atoms with Crippen molar-refractivity contribution in [3.05, 3.63) is 60.2 Å². The molecule has 30 heavy (non-hydrogen) atoms. The standard InChI is InChI=1S/C24H31N3O3/c1-2-26-24(29)27-14-7-12-20(13-15-30-23(25)28)22(27)17-18-8-6-11-21(16-18)19-9-4-3-5-10-19/h3-6,8-11,16,20,22H,2,7,12-15,17H2,1H3,(H2,25,28)(H,26,29). The summed E-state index contributed by atoms with van der Waals surface area (Å²) in [6, 6.07) is 18.8. The van der Waals surface area contributed by atoms with Gasteiger partial charge in [0, 0.05) is 19.1 Å². The molecule has 1 aliphatic rings. The number of rotatable bonds is 7. The summed E-state index contributed by atoms with van der Waals surface area (Å²) in [7, 11) is 0. The molecule has 3 rings (SSSR count). The number of carbonyl (C=O) groups excluding carboxylic acids is 2. The number of primary amides is 1. The Bertz CT molecular complexity index is 841. The van der Waals surface area contributed by atoms with Crippen LogP contribution >= 0.6 is 0 Å². The van der Waals surface area contributed by atoms with Crippen LogP contribution in [0.3, 0.4) is 0 Å². The lowest BCUT2D eigenvalue weighted by atomic mass is 9.83. The van der Waals surface area contributed by atoms with Crippen molar-refractivity contribution in [2.45, 2.75) is 38.6 Å². The maximum Gasteiger partial charge on any atom is 0.404 e. The highest BCUT2D eigenvalue weighted by Gasteiger charge is 2.34. The first-order valence-electron chi connectivity index (χ1n) is 10.7. The quantitative estimate of drug-likeness (QED) is 0.719. The van der Waals surface area contributed by atoms with Gasteiger partial charge in [-0.2, -0.15) is 0 Å². The van der Waals surface area contributed by atoms with Crippen molar-refractivity contribution in [2.24, 2.45) is 11.7 Å². The second-order valence-electron chi connectivity index (χ2n) is 7.73. The second kappa shape index (κ2) is 10.7. The molecular formula is C24H31N3O3. The fourth-order valence-corrected chi connectivity index (χ4v) is 4.32. The van der Waals surface area contributed by atoms with Gasteiger partial charge >= 0.3 is 12.1 Å². The fraction of sp³-hybridized carbons (Fsp3) is 0.417. The molecule has 2 unspecified atom stereocenters. The normalized spacial score (nSPS) is 18.6. The number of ether oxygens (including phenoxy) is 1. The highest BCUT2D eigenvalue weighted by Crippen LogP contribution is 2.30. The predicted molar refractivity (Wildman–Crippen MR) is 118 cm³/mol. The van der Waals surface area contributed by atoms with Crippen molar-refractivity contribution >= 4 is 12.1 Å². The van der Waals surface area contributed by atoms with E-state index in [4.69, 9.17) is 10.5 Å². The van der Waals surface area contributed by atoms with Gasteiger partial charge < -0.3 is 20.7 Å². The van der Waals surface area contributed by atoms with E-state index in [1.807, 2.05) is 30.0 Å². The van der Waals surface area contributed by atoms with Crippen molar-refractivity contribution < 1.29 is 14.3 Å². The van der Waals surface area contributed by atoms with Gasteiger partial charge in [-0.3, -0.25) is 0 Å². The van der Waals surface area contributed by atoms with E-state index in [1.165, 1.54) is 16.7 Å². The van der Waals surface area contributed by atoms with Gasteiger partial charge in [-0.1, -0.05) is 54.6 Å². The molecule has 2 aromatic carbocycles. The number of nitrogens with two attached hydrogens (primary N) is 1. The molecule has 2 aromatic rings. The smallest absolute Gasteiger partial charge is 0.404 e. The van der Waals surface area contributed by atoms with Crippen molar-refractivity contribution in [1.82, 2.24) is 10.2 Å². The maximum atomic E-state index is 12.7. The Balaban J connectivity index is 1.81. The van der Waals surface area contributed by atoms with Crippen molar-refractivity contribution in [2.75, 3.05) is 19.7 Å². The lowest BCUT2D eigenvalue weighted by Crippen LogP contribution is -2.53. The van der Waals surface area contributed by atoms with Gasteiger partial charge in [0.1, 0.15) is 0 Å². The van der Waals surface area contributed by atoms with E-state index < -0.39 is 6.09 Å². The van der Waals surface area contributed by atoms with E-state index >= 15 is 0 Å². The van der Waals surface area contributed by atoms with Gasteiger partial charge in [-0.05, 0) is 55.2 Å². The summed E-state index contributed by atoms with van der Waals surface area (Å²) in [5.41, 5.74) is 8.66. The third-order valence-electron chi connectivity index (χ3n) is 5.72. The van der Waals surface area contributed by atoms with Crippen LogP contribution in [0.1, 0.15) is 31.7 Å². The molecule has 0 radical (unpaired) electrons. The second-order valence-corrected chi connectivity index (χ2v) is 7.73. The minimum absolute atomic E-state index is 0.0257. The van der Waals surface area contributed by atoms with E-state index in [1.54, 1.807) is 0 Å². The van der Waals surface area contributed by atoms with Gasteiger partial charge in [-0.15, -0.1) is 0 Å². The Hall–Kier alpha value is -3.02. The highest BCUT2D eigenvalue weighted by atomic mass is 16.5. The molecule has 3 amide bonds. The van der Waals surface area contributed by atoms with Crippen LogP contribution in [0.15, 0.2) is 54.6 Å². The first-order chi connectivity index (χ1) is 14.6. The number of carbonyl (C=O) groups is 2. The van der Waals surface area contributed by atoms with E-state index in [0.717, 1.165) is 25.8 Å². The number of likely N-dealkylation sites (tertiary alicyclic amines) is 1. The average molecular weight is 410 g/mol. The van der Waals surface area contributed by atoms with Crippen LogP contribution in [0.4, 0.5) is 9.59 Å². The number of hydrogen-bond acceptors (Lipinski definition) is 3. The molecule has 1 aliphatic heterocycles. The zero-order valence-electron chi connectivity index (χ0n) is 17.5. The van der Waals surface area contributed by atoms with Gasteiger partial charge in [0.15, 0.2) is 0 Å². The van der Waals surface area contributed by atoms with Crippen molar-refractivity contribution in [3.63, 3.8) is 0 Å². The molecule has 3 N–H and O–H groups in total. The minimum atomic E-state index is -0.751. The summed E-state index contributed by atoms with van der Waals surface area (Å²) in [5, 5.41) is 2.94. The van der Waals surface area contributed by atoms with Gasteiger partial charge in [-0.25, -0.2) is 9.59 Å². The Morgan fingerprint density at radius 2 is 1.90 bits per heavy atom. The molecule has 0 bridgehead atoms. The first-order valence-corrected chi connectivity index (χ1v) is 10.7. The molecule has 0 aromatic heterocycles. The van der Waals surface area contributed by atoms with Crippen molar-refractivity contribution in [1.29, 1.82) is 0 Å². The topological polar surface area (TPSA) is 84.7 Å². The molecule has 1 fully saturated rings. The lowest BCUT2D eigenvalue weighted by Gasteiger charge is -2.41. The average Bonchev–Trinajstić information content (AvgIpc) is 2.75. The molecule has 1 saturated heterocycles. The van der Waals surface area contributed by atoms with Crippen LogP contribution in [-0.4, -0.2) is 42.8 Å². The van der Waals surface area contributed by atoms with E-state index in [0.29, 0.717) is 13.0 Å². The Morgan fingerprint density at radius 3 is 2.63 bits per heavy atom.